The summed E-state index contributed by atoms with van der Waals surface area (Å²) < 4.78 is 37.9. The van der Waals surface area contributed by atoms with E-state index in [0.717, 1.165) is 12.8 Å². The Morgan fingerprint density at radius 1 is 1.09 bits per heavy atom. The van der Waals surface area contributed by atoms with Crippen LogP contribution in [0, 0.1) is 0 Å². The first kappa shape index (κ1) is 24.6. The number of carboxylic acids is 1. The van der Waals surface area contributed by atoms with E-state index in [1.54, 1.807) is 0 Å². The van der Waals surface area contributed by atoms with Crippen LogP contribution in [-0.2, 0) is 9.22 Å². The number of halogens is 3. The minimum Gasteiger partial charge on any atom is -0.475 e. The van der Waals surface area contributed by atoms with E-state index in [-0.39, 0.29) is 0 Å². The molecule has 0 aliphatic heterocycles. The molecule has 0 aliphatic carbocycles. The van der Waals surface area contributed by atoms with Crippen molar-refractivity contribution in [3.05, 3.63) is 0 Å². The molecule has 0 saturated heterocycles. The van der Waals surface area contributed by atoms with Gasteiger partial charge in [-0.25, -0.2) is 4.79 Å². The van der Waals surface area contributed by atoms with E-state index in [9.17, 15) is 13.2 Å². The maximum Gasteiger partial charge on any atom is 0.490 e. The lowest BCUT2D eigenvalue weighted by atomic mass is 10.1. The van der Waals surface area contributed by atoms with E-state index in [4.69, 9.17) is 19.4 Å². The van der Waals surface area contributed by atoms with Crippen molar-refractivity contribution in [2.45, 2.75) is 83.8 Å². The number of unbranched alkanes of at least 4 members (excludes halogenated alkanes) is 3. The van der Waals surface area contributed by atoms with E-state index in [2.05, 4.69) is 26.6 Å². The molecule has 0 aliphatic rings. The van der Waals surface area contributed by atoms with Crippen molar-refractivity contribution in [2.75, 3.05) is 6.61 Å². The molecular weight excluding hydrogens is 329 g/mol. The maximum absolute atomic E-state index is 10.6. The highest BCUT2D eigenvalue weighted by Crippen LogP contribution is 2.18. The van der Waals surface area contributed by atoms with Gasteiger partial charge in [-0.2, -0.15) is 13.2 Å². The Balaban J connectivity index is 0. The lowest BCUT2D eigenvalue weighted by Gasteiger charge is -2.26. The summed E-state index contributed by atoms with van der Waals surface area (Å²) in [5, 5.41) is 15.9. The fourth-order valence-corrected chi connectivity index (χ4v) is 3.09. The summed E-state index contributed by atoms with van der Waals surface area (Å²) in [6.45, 7) is 9.35. The highest BCUT2D eigenvalue weighted by Gasteiger charge is 2.38. The molecule has 140 valence electrons. The lowest BCUT2D eigenvalue weighted by Crippen LogP contribution is -2.32. The number of carboxylic acid groups (broad SMARTS) is 1. The molecule has 0 fully saturated rings. The monoisotopic (exact) mass is 360 g/mol. The molecule has 0 rings (SSSR count). The summed E-state index contributed by atoms with van der Waals surface area (Å²) in [7, 11) is -1.39. The van der Waals surface area contributed by atoms with Crippen LogP contribution < -0.4 is 0 Å². The maximum atomic E-state index is 10.6. The zero-order valence-electron chi connectivity index (χ0n) is 14.6. The number of hydrogen-bond acceptors (Lipinski definition) is 3. The molecule has 0 amide bonds. The second-order valence-electron chi connectivity index (χ2n) is 6.37. The lowest BCUT2D eigenvalue weighted by molar-refractivity contribution is -0.192. The minimum atomic E-state index is -5.08. The first-order valence-electron chi connectivity index (χ1n) is 8.02. The van der Waals surface area contributed by atoms with Crippen LogP contribution in [-0.4, -0.2) is 43.4 Å². The van der Waals surface area contributed by atoms with Gasteiger partial charge in [-0.1, -0.05) is 32.6 Å². The Kier molecular flexibility index (Phi) is 13.7. The number of aliphatic carboxylic acids is 1. The van der Waals surface area contributed by atoms with E-state index in [0.29, 0.717) is 12.7 Å². The molecule has 0 saturated carbocycles. The molecule has 0 heterocycles. The molecule has 1 unspecified atom stereocenters. The fraction of sp³-hybridized carbons (Fsp3) is 0.933. The molecule has 0 bridgehead atoms. The summed E-state index contributed by atoms with van der Waals surface area (Å²) in [6, 6.07) is 0. The van der Waals surface area contributed by atoms with Crippen LogP contribution in [0.3, 0.4) is 0 Å². The summed E-state index contributed by atoms with van der Waals surface area (Å²) in [5.41, 5.74) is 0. The van der Waals surface area contributed by atoms with Gasteiger partial charge in [-0.3, -0.25) is 0 Å². The Labute approximate surface area is 138 Å². The van der Waals surface area contributed by atoms with Crippen LogP contribution >= 0.6 is 0 Å². The molecule has 0 spiro atoms. The van der Waals surface area contributed by atoms with Crippen molar-refractivity contribution in [3.8, 4) is 0 Å². The third kappa shape index (κ3) is 19.4. The molecule has 0 aromatic heterocycles. The SMILES string of the molecule is CCCCC(CCCCCO)O[Si](C)(C)C.O=C(O)C(F)(F)F. The Bertz CT molecular complexity index is 304. The van der Waals surface area contributed by atoms with Crippen LogP contribution in [0.4, 0.5) is 13.2 Å². The zero-order valence-corrected chi connectivity index (χ0v) is 15.6. The Hall–Kier alpha value is -0.603. The van der Waals surface area contributed by atoms with Gasteiger partial charge in [0, 0.05) is 12.7 Å². The van der Waals surface area contributed by atoms with Gasteiger partial charge in [-0.15, -0.1) is 0 Å². The molecule has 4 nitrogen and oxygen atoms in total. The fourth-order valence-electron chi connectivity index (χ4n) is 1.85. The average Bonchev–Trinajstić information content (AvgIpc) is 2.38. The number of carbonyl (C=O) groups is 1. The molecule has 0 radical (unpaired) electrons. The molecule has 1 atom stereocenters. The number of aliphatic hydroxyl groups is 1. The Morgan fingerprint density at radius 2 is 1.57 bits per heavy atom. The predicted octanol–water partition coefficient (Wildman–Crippen LogP) is 4.58. The van der Waals surface area contributed by atoms with E-state index in [1.807, 2.05) is 0 Å². The Morgan fingerprint density at radius 3 is 1.91 bits per heavy atom. The summed E-state index contributed by atoms with van der Waals surface area (Å²) >= 11 is 0. The van der Waals surface area contributed by atoms with Crippen LogP contribution in [0.5, 0.6) is 0 Å². The largest absolute Gasteiger partial charge is 0.490 e. The normalized spacial score (nSPS) is 13.2. The van der Waals surface area contributed by atoms with Gasteiger partial charge in [0.05, 0.1) is 0 Å². The van der Waals surface area contributed by atoms with Crippen molar-refractivity contribution in [1.29, 1.82) is 0 Å². The van der Waals surface area contributed by atoms with Gasteiger partial charge in [-0.05, 0) is 38.9 Å². The van der Waals surface area contributed by atoms with Crippen molar-refractivity contribution < 1.29 is 32.6 Å². The topological polar surface area (TPSA) is 66.8 Å². The second kappa shape index (κ2) is 12.8. The zero-order chi connectivity index (χ0) is 18.5. The van der Waals surface area contributed by atoms with Gasteiger partial charge >= 0.3 is 12.1 Å². The van der Waals surface area contributed by atoms with Gasteiger partial charge in [0.15, 0.2) is 8.32 Å². The molecule has 0 aromatic rings. The second-order valence-corrected chi connectivity index (χ2v) is 10.8. The van der Waals surface area contributed by atoms with Crippen molar-refractivity contribution in [3.63, 3.8) is 0 Å². The number of rotatable bonds is 10. The van der Waals surface area contributed by atoms with Crippen LogP contribution in [0.2, 0.25) is 19.6 Å². The summed E-state index contributed by atoms with van der Waals surface area (Å²) in [5.74, 6) is -2.76. The third-order valence-corrected chi connectivity index (χ3v) is 3.87. The van der Waals surface area contributed by atoms with E-state index >= 15 is 0 Å². The van der Waals surface area contributed by atoms with Crippen LogP contribution in [0.25, 0.3) is 0 Å². The minimum absolute atomic E-state index is 0.328. The van der Waals surface area contributed by atoms with Gasteiger partial charge in [0.25, 0.3) is 0 Å². The van der Waals surface area contributed by atoms with Gasteiger partial charge < -0.3 is 14.6 Å². The van der Waals surface area contributed by atoms with Crippen molar-refractivity contribution in [1.82, 2.24) is 0 Å². The highest BCUT2D eigenvalue weighted by atomic mass is 28.4. The number of alkyl halides is 3. The quantitative estimate of drug-likeness (QED) is 0.442. The smallest absolute Gasteiger partial charge is 0.475 e. The van der Waals surface area contributed by atoms with Gasteiger partial charge in [0.1, 0.15) is 0 Å². The van der Waals surface area contributed by atoms with Crippen molar-refractivity contribution >= 4 is 14.3 Å². The third-order valence-electron chi connectivity index (χ3n) is 2.83. The van der Waals surface area contributed by atoms with E-state index < -0.39 is 20.5 Å². The average molecular weight is 360 g/mol. The molecule has 0 aromatic carbocycles. The summed E-state index contributed by atoms with van der Waals surface area (Å²) in [4.78, 5) is 8.90. The molecule has 23 heavy (non-hydrogen) atoms. The molecular formula is C15H31F3O4Si. The first-order chi connectivity index (χ1) is 10.4. The van der Waals surface area contributed by atoms with Gasteiger partial charge in [0.2, 0.25) is 0 Å². The summed E-state index contributed by atoms with van der Waals surface area (Å²) in [6.07, 6.45) is 3.55. The van der Waals surface area contributed by atoms with Crippen molar-refractivity contribution in [2.24, 2.45) is 0 Å². The van der Waals surface area contributed by atoms with Crippen LogP contribution in [0.1, 0.15) is 51.9 Å². The van der Waals surface area contributed by atoms with Crippen LogP contribution in [0.15, 0.2) is 0 Å². The molecule has 8 heteroatoms. The number of aliphatic hydroxyl groups excluding tert-OH is 1. The highest BCUT2D eigenvalue weighted by molar-refractivity contribution is 6.69. The first-order valence-corrected chi connectivity index (χ1v) is 11.4. The predicted molar refractivity (Wildman–Crippen MR) is 87.0 cm³/mol. The van der Waals surface area contributed by atoms with E-state index in [1.165, 1.54) is 32.1 Å². The molecule has 2 N–H and O–H groups in total. The standard InChI is InChI=1S/C13H30O2Si.C2HF3O2/c1-5-6-10-13(15-16(2,3)4)11-8-7-9-12-14;3-2(4,5)1(6)7/h13-14H,5-12H2,1-4H3;(H,6,7). The number of hydrogen-bond donors (Lipinski definition) is 2.